The minimum atomic E-state index is 0.402. The van der Waals surface area contributed by atoms with Crippen LogP contribution in [0, 0.1) is 0 Å². The second-order valence-corrected chi connectivity index (χ2v) is 4.14. The molecule has 2 fully saturated rings. The Kier molecular flexibility index (Phi) is 2.26. The van der Waals surface area contributed by atoms with Gasteiger partial charge < -0.3 is 9.47 Å². The largest absolute Gasteiger partial charge is 0.493 e. The second kappa shape index (κ2) is 3.64. The van der Waals surface area contributed by atoms with Crippen LogP contribution in [0.4, 0.5) is 0 Å². The Morgan fingerprint density at radius 1 is 1.12 bits per heavy atom. The molecule has 0 amide bonds. The number of ether oxygens (including phenoxy) is 2. The van der Waals surface area contributed by atoms with Gasteiger partial charge in [0, 0.05) is 18.7 Å². The summed E-state index contributed by atoms with van der Waals surface area (Å²) in [6.45, 7) is 2.32. The molecule has 3 rings (SSSR count). The normalized spacial score (nSPS) is 31.0. The van der Waals surface area contributed by atoms with Crippen LogP contribution >= 0.6 is 0 Å². The zero-order valence-corrected chi connectivity index (χ0v) is 9.64. The maximum atomic E-state index is 5.46. The number of benzene rings is 1. The quantitative estimate of drug-likeness (QED) is 0.723. The number of hydrogen-bond acceptors (Lipinski definition) is 4. The molecule has 4 heteroatoms. The van der Waals surface area contributed by atoms with Crippen LogP contribution in [0.5, 0.6) is 11.5 Å². The summed E-state index contributed by atoms with van der Waals surface area (Å²) in [4.78, 5) is 0. The molecular weight excluding hydrogens is 204 g/mol. The molecule has 16 heavy (non-hydrogen) atoms. The molecule has 0 N–H and O–H groups in total. The fourth-order valence-electron chi connectivity index (χ4n) is 2.58. The van der Waals surface area contributed by atoms with Crippen molar-refractivity contribution in [1.29, 1.82) is 0 Å². The van der Waals surface area contributed by atoms with Crippen LogP contribution in [0.3, 0.4) is 0 Å². The van der Waals surface area contributed by atoms with Crippen LogP contribution in [0.2, 0.25) is 0 Å². The monoisotopic (exact) mass is 220 g/mol. The molecule has 0 saturated carbocycles. The first-order valence-electron chi connectivity index (χ1n) is 5.61. The van der Waals surface area contributed by atoms with E-state index in [1.807, 2.05) is 12.1 Å². The Labute approximate surface area is 95.3 Å². The molecule has 2 aliphatic heterocycles. The highest BCUT2D eigenvalue weighted by molar-refractivity contribution is 5.49. The highest BCUT2D eigenvalue weighted by atomic mass is 16.5. The van der Waals surface area contributed by atoms with E-state index in [1.165, 1.54) is 12.0 Å². The van der Waals surface area contributed by atoms with Gasteiger partial charge in [0.25, 0.3) is 0 Å². The van der Waals surface area contributed by atoms with E-state index < -0.39 is 0 Å². The topological polar surface area (TPSA) is 24.5 Å². The molecule has 1 aromatic rings. The molecule has 2 saturated heterocycles. The van der Waals surface area contributed by atoms with Crippen LogP contribution in [-0.4, -0.2) is 37.3 Å². The van der Waals surface area contributed by atoms with Gasteiger partial charge in [-0.05, 0) is 12.5 Å². The number of hydrogen-bond donors (Lipinski definition) is 0. The Hall–Kier alpha value is -1.26. The first-order valence-corrected chi connectivity index (χ1v) is 5.61. The SMILES string of the molecule is COc1cccc(C2N3CCCN23)c1OC. The lowest BCUT2D eigenvalue weighted by molar-refractivity contribution is 0.349. The van der Waals surface area contributed by atoms with Crippen molar-refractivity contribution in [2.45, 2.75) is 12.6 Å². The van der Waals surface area contributed by atoms with Gasteiger partial charge >= 0.3 is 0 Å². The Balaban J connectivity index is 1.95. The average molecular weight is 220 g/mol. The van der Waals surface area contributed by atoms with Gasteiger partial charge in [-0.2, -0.15) is 0 Å². The standard InChI is InChI=1S/C12H16N2O2/c1-15-10-6-3-5-9(11(10)16-2)12-13-7-4-8-14(12)13/h3,5-6,12H,4,7-8H2,1-2H3. The van der Waals surface area contributed by atoms with Gasteiger partial charge in [-0.15, -0.1) is 0 Å². The van der Waals surface area contributed by atoms with Crippen molar-refractivity contribution in [3.63, 3.8) is 0 Å². The summed E-state index contributed by atoms with van der Waals surface area (Å²) >= 11 is 0. The van der Waals surface area contributed by atoms with Crippen LogP contribution in [0.25, 0.3) is 0 Å². The van der Waals surface area contributed by atoms with Crippen molar-refractivity contribution in [2.75, 3.05) is 27.3 Å². The van der Waals surface area contributed by atoms with Crippen LogP contribution in [-0.2, 0) is 0 Å². The molecule has 1 aromatic carbocycles. The molecule has 2 unspecified atom stereocenters. The molecule has 0 bridgehead atoms. The van der Waals surface area contributed by atoms with Gasteiger partial charge in [0.1, 0.15) is 6.17 Å². The lowest BCUT2D eigenvalue weighted by Crippen LogP contribution is -2.02. The van der Waals surface area contributed by atoms with Gasteiger partial charge in [-0.25, -0.2) is 10.0 Å². The number of nitrogens with zero attached hydrogens (tertiary/aromatic N) is 2. The number of rotatable bonds is 3. The molecule has 0 radical (unpaired) electrons. The Morgan fingerprint density at radius 3 is 2.50 bits per heavy atom. The third kappa shape index (κ3) is 1.30. The molecule has 2 atom stereocenters. The van der Waals surface area contributed by atoms with Crippen molar-refractivity contribution < 1.29 is 9.47 Å². The summed E-state index contributed by atoms with van der Waals surface area (Å²) < 4.78 is 10.8. The van der Waals surface area contributed by atoms with Crippen LogP contribution in [0.15, 0.2) is 18.2 Å². The number of fused-ring (bicyclic) bond motifs is 1. The summed E-state index contributed by atoms with van der Waals surface area (Å²) in [5.74, 6) is 1.68. The molecule has 0 aliphatic carbocycles. The van der Waals surface area contributed by atoms with Crippen molar-refractivity contribution in [1.82, 2.24) is 10.0 Å². The van der Waals surface area contributed by atoms with E-state index in [1.54, 1.807) is 14.2 Å². The molecule has 86 valence electrons. The fraction of sp³-hybridized carbons (Fsp3) is 0.500. The van der Waals surface area contributed by atoms with Crippen LogP contribution < -0.4 is 9.47 Å². The van der Waals surface area contributed by atoms with Crippen molar-refractivity contribution in [3.05, 3.63) is 23.8 Å². The summed E-state index contributed by atoms with van der Waals surface area (Å²) in [7, 11) is 3.38. The Bertz CT molecular complexity index is 398. The summed E-state index contributed by atoms with van der Waals surface area (Å²) in [5.41, 5.74) is 1.21. The maximum Gasteiger partial charge on any atom is 0.166 e. The van der Waals surface area contributed by atoms with Gasteiger partial charge in [-0.3, -0.25) is 0 Å². The Morgan fingerprint density at radius 2 is 1.88 bits per heavy atom. The van der Waals surface area contributed by atoms with E-state index in [-0.39, 0.29) is 0 Å². The van der Waals surface area contributed by atoms with Crippen molar-refractivity contribution in [3.8, 4) is 11.5 Å². The lowest BCUT2D eigenvalue weighted by atomic mass is 10.1. The van der Waals surface area contributed by atoms with Crippen molar-refractivity contribution >= 4 is 0 Å². The second-order valence-electron chi connectivity index (χ2n) is 4.14. The van der Waals surface area contributed by atoms with E-state index in [2.05, 4.69) is 16.1 Å². The first-order chi connectivity index (χ1) is 7.86. The highest BCUT2D eigenvalue weighted by Crippen LogP contribution is 2.49. The van der Waals surface area contributed by atoms with E-state index in [9.17, 15) is 0 Å². The molecular formula is C12H16N2O2. The third-order valence-corrected chi connectivity index (χ3v) is 3.33. The van der Waals surface area contributed by atoms with Gasteiger partial charge in [0.15, 0.2) is 11.5 Å². The third-order valence-electron chi connectivity index (χ3n) is 3.33. The van der Waals surface area contributed by atoms with Gasteiger partial charge in [0.05, 0.1) is 14.2 Å². The molecule has 0 spiro atoms. The number of hydrazine groups is 1. The molecule has 2 heterocycles. The van der Waals surface area contributed by atoms with E-state index in [0.717, 1.165) is 24.6 Å². The predicted octanol–water partition coefficient (Wildman–Crippen LogP) is 1.64. The molecule has 2 aliphatic rings. The fourth-order valence-corrected chi connectivity index (χ4v) is 2.58. The van der Waals surface area contributed by atoms with Crippen LogP contribution in [0.1, 0.15) is 18.2 Å². The number of para-hydroxylation sites is 1. The van der Waals surface area contributed by atoms with E-state index in [0.29, 0.717) is 6.17 Å². The van der Waals surface area contributed by atoms with Gasteiger partial charge in [0.2, 0.25) is 0 Å². The summed E-state index contributed by atoms with van der Waals surface area (Å²) in [5, 5.41) is 4.74. The van der Waals surface area contributed by atoms with E-state index >= 15 is 0 Å². The zero-order valence-electron chi connectivity index (χ0n) is 9.64. The lowest BCUT2D eigenvalue weighted by Gasteiger charge is -2.12. The first kappa shape index (κ1) is 9.93. The number of methoxy groups -OCH3 is 2. The minimum absolute atomic E-state index is 0.402. The average Bonchev–Trinajstić information content (AvgIpc) is 2.80. The summed E-state index contributed by atoms with van der Waals surface area (Å²) in [6, 6.07) is 6.07. The van der Waals surface area contributed by atoms with Crippen molar-refractivity contribution in [2.24, 2.45) is 0 Å². The zero-order chi connectivity index (χ0) is 11.1. The maximum absolute atomic E-state index is 5.46. The van der Waals surface area contributed by atoms with E-state index in [4.69, 9.17) is 9.47 Å². The van der Waals surface area contributed by atoms with Gasteiger partial charge in [-0.1, -0.05) is 12.1 Å². The molecule has 4 nitrogen and oxygen atoms in total. The highest BCUT2D eigenvalue weighted by Gasteiger charge is 2.50. The molecule has 0 aromatic heterocycles. The predicted molar refractivity (Wildman–Crippen MR) is 60.3 cm³/mol. The minimum Gasteiger partial charge on any atom is -0.493 e. The smallest absolute Gasteiger partial charge is 0.166 e. The summed E-state index contributed by atoms with van der Waals surface area (Å²) in [6.07, 6.45) is 1.67.